The largest absolute Gasteiger partial charge is 0.465 e. The van der Waals surface area contributed by atoms with E-state index in [-0.39, 0.29) is 0 Å². The van der Waals surface area contributed by atoms with Gasteiger partial charge in [0.15, 0.2) is 0 Å². The molecule has 0 spiro atoms. The molecule has 1 aromatic carbocycles. The SMILES string of the molecule is [B]c1cc(C(=O)OC)c2n[nH]nc2c1. The van der Waals surface area contributed by atoms with Crippen LogP contribution in [0, 0.1) is 0 Å². The first kappa shape index (κ1) is 8.74. The summed E-state index contributed by atoms with van der Waals surface area (Å²) in [6.45, 7) is 0. The molecule has 68 valence electrons. The number of carbonyl (C=O) groups is 1. The lowest BCUT2D eigenvalue weighted by Crippen LogP contribution is -2.09. The van der Waals surface area contributed by atoms with Crippen LogP contribution in [0.15, 0.2) is 12.1 Å². The number of carbonyl (C=O) groups excluding carboxylic acids is 1. The molecule has 0 saturated heterocycles. The van der Waals surface area contributed by atoms with Crippen LogP contribution in [0.4, 0.5) is 0 Å². The molecule has 0 bridgehead atoms. The Balaban J connectivity index is 2.72. The van der Waals surface area contributed by atoms with Gasteiger partial charge in [-0.1, -0.05) is 11.5 Å². The highest BCUT2D eigenvalue weighted by atomic mass is 16.5. The molecule has 14 heavy (non-hydrogen) atoms. The molecule has 0 fully saturated rings. The van der Waals surface area contributed by atoms with E-state index < -0.39 is 5.97 Å². The standard InChI is InChI=1S/C8H6BN3O2/c1-14-8(13)5-2-4(9)3-6-7(5)11-12-10-6/h2-3H,1H3,(H,10,11,12). The Morgan fingerprint density at radius 2 is 2.29 bits per heavy atom. The summed E-state index contributed by atoms with van der Waals surface area (Å²) in [4.78, 5) is 11.3. The number of aromatic nitrogens is 3. The highest BCUT2D eigenvalue weighted by molar-refractivity contribution is 6.33. The van der Waals surface area contributed by atoms with Gasteiger partial charge < -0.3 is 4.74 Å². The summed E-state index contributed by atoms with van der Waals surface area (Å²) in [6.07, 6.45) is 0. The molecule has 1 N–H and O–H groups in total. The van der Waals surface area contributed by atoms with Gasteiger partial charge >= 0.3 is 5.97 Å². The van der Waals surface area contributed by atoms with Crippen molar-refractivity contribution in [2.24, 2.45) is 0 Å². The Morgan fingerprint density at radius 1 is 1.50 bits per heavy atom. The number of nitrogens with zero attached hydrogens (tertiary/aromatic N) is 2. The summed E-state index contributed by atoms with van der Waals surface area (Å²) >= 11 is 0. The lowest BCUT2D eigenvalue weighted by molar-refractivity contribution is 0.0603. The van der Waals surface area contributed by atoms with Crippen LogP contribution in [0.1, 0.15) is 10.4 Å². The topological polar surface area (TPSA) is 67.9 Å². The number of H-pyrrole nitrogens is 1. The van der Waals surface area contributed by atoms with Crippen LogP contribution in [0.3, 0.4) is 0 Å². The zero-order chi connectivity index (χ0) is 10.1. The fourth-order valence-corrected chi connectivity index (χ4v) is 1.24. The monoisotopic (exact) mass is 187 g/mol. The van der Waals surface area contributed by atoms with Crippen molar-refractivity contribution in [2.75, 3.05) is 7.11 Å². The van der Waals surface area contributed by atoms with E-state index in [9.17, 15) is 4.79 Å². The lowest BCUT2D eigenvalue weighted by atomic mass is 9.93. The molecule has 0 aliphatic carbocycles. The highest BCUT2D eigenvalue weighted by Gasteiger charge is 2.13. The average molecular weight is 187 g/mol. The molecule has 0 atom stereocenters. The van der Waals surface area contributed by atoms with Crippen LogP contribution >= 0.6 is 0 Å². The highest BCUT2D eigenvalue weighted by Crippen LogP contribution is 2.12. The zero-order valence-corrected chi connectivity index (χ0v) is 7.44. The predicted molar refractivity (Wildman–Crippen MR) is 50.6 cm³/mol. The van der Waals surface area contributed by atoms with Crippen molar-refractivity contribution in [3.8, 4) is 0 Å². The number of methoxy groups -OCH3 is 1. The Bertz CT molecular complexity index is 494. The molecule has 2 aromatic rings. The molecule has 2 rings (SSSR count). The zero-order valence-electron chi connectivity index (χ0n) is 7.44. The van der Waals surface area contributed by atoms with Crippen molar-refractivity contribution in [1.82, 2.24) is 15.4 Å². The van der Waals surface area contributed by atoms with Crippen molar-refractivity contribution in [3.63, 3.8) is 0 Å². The van der Waals surface area contributed by atoms with Gasteiger partial charge in [-0.2, -0.15) is 15.4 Å². The molecule has 0 unspecified atom stereocenters. The second-order valence-electron chi connectivity index (χ2n) is 2.75. The third-order valence-corrected chi connectivity index (χ3v) is 1.85. The summed E-state index contributed by atoms with van der Waals surface area (Å²) in [5.41, 5.74) is 1.78. The lowest BCUT2D eigenvalue weighted by Gasteiger charge is -2.00. The summed E-state index contributed by atoms with van der Waals surface area (Å²) in [6, 6.07) is 3.14. The molecule has 1 aromatic heterocycles. The molecule has 1 heterocycles. The first-order chi connectivity index (χ1) is 6.72. The molecule has 0 aliphatic heterocycles. The minimum absolute atomic E-state index is 0.316. The molecule has 0 saturated carbocycles. The summed E-state index contributed by atoms with van der Waals surface area (Å²) in [5.74, 6) is -0.476. The molecule has 0 aliphatic rings. The van der Waals surface area contributed by atoms with E-state index in [2.05, 4.69) is 20.1 Å². The Hall–Kier alpha value is -1.85. The fourth-order valence-electron chi connectivity index (χ4n) is 1.24. The number of ether oxygens (including phenoxy) is 1. The fraction of sp³-hybridized carbons (Fsp3) is 0.125. The van der Waals surface area contributed by atoms with E-state index in [1.165, 1.54) is 13.2 Å². The van der Waals surface area contributed by atoms with Gasteiger partial charge in [-0.3, -0.25) is 0 Å². The van der Waals surface area contributed by atoms with Gasteiger partial charge in [0.2, 0.25) is 0 Å². The van der Waals surface area contributed by atoms with Crippen molar-refractivity contribution >= 4 is 30.3 Å². The second-order valence-corrected chi connectivity index (χ2v) is 2.75. The number of aromatic amines is 1. The van der Waals surface area contributed by atoms with Crippen LogP contribution in [-0.4, -0.2) is 36.3 Å². The summed E-state index contributed by atoms with van der Waals surface area (Å²) < 4.78 is 4.59. The molecular weight excluding hydrogens is 181 g/mol. The van der Waals surface area contributed by atoms with E-state index >= 15 is 0 Å². The normalized spacial score (nSPS) is 10.4. The number of rotatable bonds is 1. The molecule has 0 amide bonds. The number of benzene rings is 1. The maximum absolute atomic E-state index is 11.3. The smallest absolute Gasteiger partial charge is 0.340 e. The van der Waals surface area contributed by atoms with Gasteiger partial charge in [-0.05, 0) is 6.07 Å². The van der Waals surface area contributed by atoms with Gasteiger partial charge in [0.05, 0.1) is 12.7 Å². The quantitative estimate of drug-likeness (QED) is 0.484. The van der Waals surface area contributed by atoms with E-state index in [1.807, 2.05) is 0 Å². The molecule has 6 heteroatoms. The van der Waals surface area contributed by atoms with E-state index in [4.69, 9.17) is 7.85 Å². The minimum Gasteiger partial charge on any atom is -0.465 e. The van der Waals surface area contributed by atoms with Crippen LogP contribution < -0.4 is 5.46 Å². The van der Waals surface area contributed by atoms with Gasteiger partial charge in [0.1, 0.15) is 18.9 Å². The number of nitrogens with one attached hydrogen (secondary N) is 1. The summed E-state index contributed by atoms with van der Waals surface area (Å²) in [5, 5.41) is 10.1. The van der Waals surface area contributed by atoms with E-state index in [1.54, 1.807) is 6.07 Å². The van der Waals surface area contributed by atoms with Gasteiger partial charge in [-0.15, -0.1) is 0 Å². The first-order valence-corrected chi connectivity index (χ1v) is 3.90. The van der Waals surface area contributed by atoms with E-state index in [0.29, 0.717) is 22.1 Å². The van der Waals surface area contributed by atoms with Gasteiger partial charge in [0.25, 0.3) is 0 Å². The van der Waals surface area contributed by atoms with Crippen molar-refractivity contribution < 1.29 is 9.53 Å². The van der Waals surface area contributed by atoms with Crippen LogP contribution in [0.2, 0.25) is 0 Å². The maximum atomic E-state index is 11.3. The van der Waals surface area contributed by atoms with Gasteiger partial charge in [0, 0.05) is 0 Å². The van der Waals surface area contributed by atoms with Crippen LogP contribution in [-0.2, 0) is 4.74 Å². The Labute approximate surface area is 80.9 Å². The predicted octanol–water partition coefficient (Wildman–Crippen LogP) is -0.462. The average Bonchev–Trinajstić information content (AvgIpc) is 2.62. The second kappa shape index (κ2) is 3.14. The first-order valence-electron chi connectivity index (χ1n) is 3.90. The van der Waals surface area contributed by atoms with E-state index in [0.717, 1.165) is 0 Å². The minimum atomic E-state index is -0.476. The van der Waals surface area contributed by atoms with Crippen LogP contribution in [0.5, 0.6) is 0 Å². The number of esters is 1. The molecule has 2 radical (unpaired) electrons. The molecule has 5 nitrogen and oxygen atoms in total. The summed E-state index contributed by atoms with van der Waals surface area (Å²) in [7, 11) is 6.89. The van der Waals surface area contributed by atoms with Crippen molar-refractivity contribution in [2.45, 2.75) is 0 Å². The Morgan fingerprint density at radius 3 is 3.00 bits per heavy atom. The van der Waals surface area contributed by atoms with Crippen molar-refractivity contribution in [3.05, 3.63) is 17.7 Å². The van der Waals surface area contributed by atoms with Gasteiger partial charge in [-0.25, -0.2) is 4.79 Å². The third kappa shape index (κ3) is 1.24. The maximum Gasteiger partial charge on any atom is 0.340 e. The number of hydrogen-bond acceptors (Lipinski definition) is 4. The number of hydrogen-bond donors (Lipinski definition) is 1. The number of fused-ring (bicyclic) bond motifs is 1. The Kier molecular flexibility index (Phi) is 1.96. The molecular formula is C8H6BN3O2. The van der Waals surface area contributed by atoms with Crippen LogP contribution in [0.25, 0.3) is 11.0 Å². The van der Waals surface area contributed by atoms with Crippen molar-refractivity contribution in [1.29, 1.82) is 0 Å². The third-order valence-electron chi connectivity index (χ3n) is 1.85.